The molecule has 2 aromatic rings. The third kappa shape index (κ3) is 2.30. The van der Waals surface area contributed by atoms with Crippen LogP contribution in [0.1, 0.15) is 18.8 Å². The highest BCUT2D eigenvalue weighted by Crippen LogP contribution is 2.27. The van der Waals surface area contributed by atoms with Crippen LogP contribution in [0.15, 0.2) is 18.2 Å². The van der Waals surface area contributed by atoms with E-state index in [9.17, 15) is 0 Å². The second-order valence-corrected chi connectivity index (χ2v) is 4.19. The third-order valence-corrected chi connectivity index (χ3v) is 2.99. The standard InChI is InChI=1S/C11H14ClN5O/c1-7(13-2)11-14-15-16-17(11)8-4-5-10(18-3)9(12)6-8/h4-7,13H,1-3H3. The molecule has 1 aromatic carbocycles. The van der Waals surface area contributed by atoms with Crippen molar-refractivity contribution in [2.75, 3.05) is 14.2 Å². The number of nitrogens with zero attached hydrogens (tertiary/aromatic N) is 4. The Hall–Kier alpha value is -1.66. The van der Waals surface area contributed by atoms with Gasteiger partial charge in [0.25, 0.3) is 0 Å². The maximum atomic E-state index is 6.09. The van der Waals surface area contributed by atoms with Crippen molar-refractivity contribution in [3.63, 3.8) is 0 Å². The van der Waals surface area contributed by atoms with E-state index in [4.69, 9.17) is 16.3 Å². The number of hydrogen-bond acceptors (Lipinski definition) is 5. The molecular weight excluding hydrogens is 254 g/mol. The molecule has 0 aliphatic rings. The van der Waals surface area contributed by atoms with Gasteiger partial charge < -0.3 is 10.1 Å². The Morgan fingerprint density at radius 3 is 2.83 bits per heavy atom. The molecule has 18 heavy (non-hydrogen) atoms. The van der Waals surface area contributed by atoms with Crippen LogP contribution in [0.2, 0.25) is 5.02 Å². The molecule has 1 unspecified atom stereocenters. The topological polar surface area (TPSA) is 64.9 Å². The molecule has 0 bridgehead atoms. The smallest absolute Gasteiger partial charge is 0.173 e. The van der Waals surface area contributed by atoms with Crippen molar-refractivity contribution >= 4 is 11.6 Å². The number of methoxy groups -OCH3 is 1. The molecule has 0 amide bonds. The van der Waals surface area contributed by atoms with Gasteiger partial charge in [0.2, 0.25) is 0 Å². The molecule has 0 aliphatic carbocycles. The van der Waals surface area contributed by atoms with Gasteiger partial charge in [0.05, 0.1) is 23.9 Å². The first kappa shape index (κ1) is 12.8. The summed E-state index contributed by atoms with van der Waals surface area (Å²) in [6.07, 6.45) is 0. The second-order valence-electron chi connectivity index (χ2n) is 3.78. The molecular formula is C11H14ClN5O. The van der Waals surface area contributed by atoms with E-state index in [2.05, 4.69) is 20.8 Å². The number of benzene rings is 1. The van der Waals surface area contributed by atoms with Crippen LogP contribution in [0.5, 0.6) is 5.75 Å². The lowest BCUT2D eigenvalue weighted by Crippen LogP contribution is -2.17. The van der Waals surface area contributed by atoms with Crippen LogP contribution < -0.4 is 10.1 Å². The van der Waals surface area contributed by atoms with Crippen LogP contribution in [0.4, 0.5) is 0 Å². The lowest BCUT2D eigenvalue weighted by Gasteiger charge is -2.11. The van der Waals surface area contributed by atoms with Crippen LogP contribution in [0.25, 0.3) is 5.69 Å². The van der Waals surface area contributed by atoms with Gasteiger partial charge in [-0.1, -0.05) is 11.6 Å². The highest BCUT2D eigenvalue weighted by Gasteiger charge is 2.14. The van der Waals surface area contributed by atoms with Crippen LogP contribution in [0.3, 0.4) is 0 Å². The van der Waals surface area contributed by atoms with Gasteiger partial charge in [-0.25, -0.2) is 0 Å². The summed E-state index contributed by atoms with van der Waals surface area (Å²) in [6.45, 7) is 1.98. The van der Waals surface area contributed by atoms with Crippen LogP contribution in [-0.2, 0) is 0 Å². The summed E-state index contributed by atoms with van der Waals surface area (Å²) < 4.78 is 6.76. The summed E-state index contributed by atoms with van der Waals surface area (Å²) >= 11 is 6.09. The Morgan fingerprint density at radius 2 is 2.22 bits per heavy atom. The van der Waals surface area contributed by atoms with E-state index >= 15 is 0 Å². The molecule has 0 radical (unpaired) electrons. The number of tetrazole rings is 1. The summed E-state index contributed by atoms with van der Waals surface area (Å²) in [5, 5.41) is 15.3. The zero-order chi connectivity index (χ0) is 13.1. The SMILES string of the molecule is CNC(C)c1nnnn1-c1ccc(OC)c(Cl)c1. The number of ether oxygens (including phenoxy) is 1. The quantitative estimate of drug-likeness (QED) is 0.912. The number of nitrogens with one attached hydrogen (secondary N) is 1. The van der Waals surface area contributed by atoms with Crippen molar-refractivity contribution in [2.24, 2.45) is 0 Å². The molecule has 0 fully saturated rings. The fourth-order valence-electron chi connectivity index (χ4n) is 1.56. The molecule has 7 heteroatoms. The predicted molar refractivity (Wildman–Crippen MR) is 68.2 cm³/mol. The first-order valence-electron chi connectivity index (χ1n) is 5.46. The molecule has 1 heterocycles. The number of hydrogen-bond donors (Lipinski definition) is 1. The van der Waals surface area contributed by atoms with Gasteiger partial charge >= 0.3 is 0 Å². The predicted octanol–water partition coefficient (Wildman–Crippen LogP) is 1.60. The van der Waals surface area contributed by atoms with E-state index in [1.165, 1.54) is 0 Å². The summed E-state index contributed by atoms with van der Waals surface area (Å²) in [6, 6.07) is 5.45. The Kier molecular flexibility index (Phi) is 3.78. The zero-order valence-corrected chi connectivity index (χ0v) is 11.1. The van der Waals surface area contributed by atoms with Crippen molar-refractivity contribution in [1.29, 1.82) is 0 Å². The normalized spacial score (nSPS) is 12.4. The molecule has 0 aliphatic heterocycles. The zero-order valence-electron chi connectivity index (χ0n) is 10.4. The molecule has 0 saturated carbocycles. The average Bonchev–Trinajstić information content (AvgIpc) is 2.86. The number of aromatic nitrogens is 4. The average molecular weight is 268 g/mol. The minimum Gasteiger partial charge on any atom is -0.495 e. The Morgan fingerprint density at radius 1 is 1.44 bits per heavy atom. The molecule has 1 atom stereocenters. The Bertz CT molecular complexity index is 542. The van der Waals surface area contributed by atoms with Crippen LogP contribution in [0, 0.1) is 0 Å². The minimum absolute atomic E-state index is 0.0425. The number of rotatable bonds is 4. The maximum absolute atomic E-state index is 6.09. The van der Waals surface area contributed by atoms with E-state index in [0.29, 0.717) is 10.8 Å². The van der Waals surface area contributed by atoms with Gasteiger partial charge in [-0.05, 0) is 42.6 Å². The minimum atomic E-state index is 0.0425. The maximum Gasteiger partial charge on any atom is 0.173 e. The Labute approximate surface area is 110 Å². The van der Waals surface area contributed by atoms with Gasteiger partial charge in [0.15, 0.2) is 5.82 Å². The highest BCUT2D eigenvalue weighted by atomic mass is 35.5. The molecule has 1 N–H and O–H groups in total. The van der Waals surface area contributed by atoms with Crippen molar-refractivity contribution in [3.8, 4) is 11.4 Å². The summed E-state index contributed by atoms with van der Waals surface area (Å²) in [5.74, 6) is 1.34. The first-order chi connectivity index (χ1) is 8.67. The number of halogens is 1. The second kappa shape index (κ2) is 5.32. The monoisotopic (exact) mass is 267 g/mol. The third-order valence-electron chi connectivity index (χ3n) is 2.69. The van der Waals surface area contributed by atoms with Crippen molar-refractivity contribution < 1.29 is 4.74 Å². The fourth-order valence-corrected chi connectivity index (χ4v) is 1.82. The van der Waals surface area contributed by atoms with E-state index in [1.807, 2.05) is 20.0 Å². The summed E-state index contributed by atoms with van der Waals surface area (Å²) in [7, 11) is 3.43. The van der Waals surface area contributed by atoms with Crippen molar-refractivity contribution in [2.45, 2.75) is 13.0 Å². The molecule has 96 valence electrons. The van der Waals surface area contributed by atoms with Gasteiger partial charge in [-0.3, -0.25) is 0 Å². The summed E-state index contributed by atoms with van der Waals surface area (Å²) in [4.78, 5) is 0. The van der Waals surface area contributed by atoms with E-state index in [0.717, 1.165) is 11.5 Å². The van der Waals surface area contributed by atoms with Crippen molar-refractivity contribution in [1.82, 2.24) is 25.5 Å². The Balaban J connectivity index is 2.43. The van der Waals surface area contributed by atoms with E-state index in [-0.39, 0.29) is 6.04 Å². The van der Waals surface area contributed by atoms with E-state index in [1.54, 1.807) is 23.9 Å². The molecule has 1 aromatic heterocycles. The molecule has 6 nitrogen and oxygen atoms in total. The molecule has 0 saturated heterocycles. The van der Waals surface area contributed by atoms with Gasteiger partial charge in [0.1, 0.15) is 5.75 Å². The van der Waals surface area contributed by atoms with Gasteiger partial charge in [-0.15, -0.1) is 5.10 Å². The fraction of sp³-hybridized carbons (Fsp3) is 0.364. The van der Waals surface area contributed by atoms with Crippen molar-refractivity contribution in [3.05, 3.63) is 29.0 Å². The molecule has 2 rings (SSSR count). The first-order valence-corrected chi connectivity index (χ1v) is 5.84. The van der Waals surface area contributed by atoms with Crippen LogP contribution >= 0.6 is 11.6 Å². The van der Waals surface area contributed by atoms with Gasteiger partial charge in [0, 0.05) is 0 Å². The van der Waals surface area contributed by atoms with Gasteiger partial charge in [-0.2, -0.15) is 4.68 Å². The largest absolute Gasteiger partial charge is 0.495 e. The lowest BCUT2D eigenvalue weighted by atomic mass is 10.2. The van der Waals surface area contributed by atoms with Crippen LogP contribution in [-0.4, -0.2) is 34.4 Å². The van der Waals surface area contributed by atoms with E-state index < -0.39 is 0 Å². The lowest BCUT2D eigenvalue weighted by molar-refractivity contribution is 0.415. The summed E-state index contributed by atoms with van der Waals surface area (Å²) in [5.41, 5.74) is 0.794. The highest BCUT2D eigenvalue weighted by molar-refractivity contribution is 6.32. The molecule has 0 spiro atoms.